The highest BCUT2D eigenvalue weighted by Crippen LogP contribution is 2.39. The second-order valence-corrected chi connectivity index (χ2v) is 5.82. The van der Waals surface area contributed by atoms with E-state index in [1.807, 2.05) is 6.92 Å². The Hall–Kier alpha value is -1.23. The monoisotopic (exact) mass is 340 g/mol. The molecule has 0 radical (unpaired) electrons. The first kappa shape index (κ1) is 13.7. The zero-order valence-electron chi connectivity index (χ0n) is 11.2. The van der Waals surface area contributed by atoms with Gasteiger partial charge < -0.3 is 5.32 Å². The minimum absolute atomic E-state index is 0.245. The van der Waals surface area contributed by atoms with Crippen LogP contribution in [-0.4, -0.2) is 11.5 Å². The van der Waals surface area contributed by atoms with Gasteiger partial charge in [0.25, 0.3) is 0 Å². The highest BCUT2D eigenvalue weighted by atomic mass is 79.9. The molecule has 1 N–H and O–H groups in total. The molecule has 0 unspecified atom stereocenters. The number of rotatable bonds is 2. The van der Waals surface area contributed by atoms with Crippen molar-refractivity contribution < 1.29 is 8.78 Å². The minimum atomic E-state index is -0.603. The molecule has 0 spiro atoms. The SMILES string of the molecule is CCNc1c2c(nc3c(F)cc(F)c(Br)c13)CCCC2. The van der Waals surface area contributed by atoms with E-state index in [0.29, 0.717) is 11.9 Å². The summed E-state index contributed by atoms with van der Waals surface area (Å²) >= 11 is 3.24. The number of benzene rings is 1. The van der Waals surface area contributed by atoms with Crippen molar-refractivity contribution in [3.05, 3.63) is 33.4 Å². The van der Waals surface area contributed by atoms with Gasteiger partial charge in [-0.1, -0.05) is 0 Å². The zero-order chi connectivity index (χ0) is 14.3. The van der Waals surface area contributed by atoms with Crippen molar-refractivity contribution >= 4 is 32.5 Å². The zero-order valence-corrected chi connectivity index (χ0v) is 12.8. The molecular formula is C15H15BrF2N2. The lowest BCUT2D eigenvalue weighted by Gasteiger charge is -2.22. The standard InChI is InChI=1S/C15H15BrF2N2/c1-2-19-14-8-5-3-4-6-11(8)20-15-10(18)7-9(17)13(16)12(14)15/h7H,2-6H2,1H3,(H,19,20). The van der Waals surface area contributed by atoms with Gasteiger partial charge in [-0.2, -0.15) is 0 Å². The molecule has 0 amide bonds. The Morgan fingerprint density at radius 2 is 2.00 bits per heavy atom. The quantitative estimate of drug-likeness (QED) is 0.809. The lowest BCUT2D eigenvalue weighted by atomic mass is 9.92. The number of hydrogen-bond acceptors (Lipinski definition) is 2. The Morgan fingerprint density at radius 1 is 1.25 bits per heavy atom. The Labute approximate surface area is 124 Å². The number of aromatic nitrogens is 1. The molecule has 1 aliphatic carbocycles. The number of fused-ring (bicyclic) bond motifs is 2. The van der Waals surface area contributed by atoms with Gasteiger partial charge in [-0.3, -0.25) is 0 Å². The molecule has 1 aromatic heterocycles. The second-order valence-electron chi connectivity index (χ2n) is 5.03. The maximum atomic E-state index is 14.1. The molecular weight excluding hydrogens is 326 g/mol. The highest BCUT2D eigenvalue weighted by molar-refractivity contribution is 9.10. The van der Waals surface area contributed by atoms with Gasteiger partial charge in [0.2, 0.25) is 0 Å². The van der Waals surface area contributed by atoms with Gasteiger partial charge >= 0.3 is 0 Å². The molecule has 0 aliphatic heterocycles. The number of aryl methyl sites for hydroxylation is 1. The van der Waals surface area contributed by atoms with Crippen LogP contribution in [0.1, 0.15) is 31.0 Å². The maximum absolute atomic E-state index is 14.1. The summed E-state index contributed by atoms with van der Waals surface area (Å²) in [5.74, 6) is -1.19. The third kappa shape index (κ3) is 2.08. The molecule has 0 saturated heterocycles. The summed E-state index contributed by atoms with van der Waals surface area (Å²) in [4.78, 5) is 4.45. The fraction of sp³-hybridized carbons (Fsp3) is 0.400. The van der Waals surface area contributed by atoms with Gasteiger partial charge in [0.15, 0.2) is 5.82 Å². The summed E-state index contributed by atoms with van der Waals surface area (Å²) in [5, 5.41) is 3.79. The van der Waals surface area contributed by atoms with E-state index < -0.39 is 11.6 Å². The smallest absolute Gasteiger partial charge is 0.152 e. The van der Waals surface area contributed by atoms with Crippen molar-refractivity contribution in [2.24, 2.45) is 0 Å². The number of pyridine rings is 1. The first-order chi connectivity index (χ1) is 9.63. The molecule has 0 atom stereocenters. The molecule has 2 aromatic rings. The van der Waals surface area contributed by atoms with E-state index in [9.17, 15) is 8.78 Å². The Bertz CT molecular complexity index is 686. The molecule has 0 fully saturated rings. The van der Waals surface area contributed by atoms with E-state index in [4.69, 9.17) is 0 Å². The van der Waals surface area contributed by atoms with E-state index >= 15 is 0 Å². The maximum Gasteiger partial charge on any atom is 0.152 e. The Kier molecular flexibility index (Phi) is 3.63. The van der Waals surface area contributed by atoms with Crippen molar-refractivity contribution in [1.82, 2.24) is 4.98 Å². The van der Waals surface area contributed by atoms with Crippen LogP contribution in [0.4, 0.5) is 14.5 Å². The summed E-state index contributed by atoms with van der Waals surface area (Å²) in [6, 6.07) is 0.893. The van der Waals surface area contributed by atoms with Crippen molar-refractivity contribution in [1.29, 1.82) is 0 Å². The van der Waals surface area contributed by atoms with E-state index in [2.05, 4.69) is 26.2 Å². The lowest BCUT2D eigenvalue weighted by Crippen LogP contribution is -2.12. The molecule has 1 aromatic carbocycles. The molecule has 20 heavy (non-hydrogen) atoms. The molecule has 0 saturated carbocycles. The van der Waals surface area contributed by atoms with Gasteiger partial charge in [-0.15, -0.1) is 0 Å². The summed E-state index contributed by atoms with van der Waals surface area (Å²) in [7, 11) is 0. The van der Waals surface area contributed by atoms with E-state index in [1.165, 1.54) is 0 Å². The van der Waals surface area contributed by atoms with Crippen molar-refractivity contribution in [3.63, 3.8) is 0 Å². The van der Waals surface area contributed by atoms with Gasteiger partial charge in [-0.05, 0) is 54.1 Å². The van der Waals surface area contributed by atoms with Crippen LogP contribution < -0.4 is 5.32 Å². The fourth-order valence-corrected chi connectivity index (χ4v) is 3.36. The number of halogens is 3. The van der Waals surface area contributed by atoms with Crippen LogP contribution in [0, 0.1) is 11.6 Å². The van der Waals surface area contributed by atoms with Crippen LogP contribution in [-0.2, 0) is 12.8 Å². The normalized spacial score (nSPS) is 14.4. The molecule has 3 rings (SSSR count). The molecule has 2 nitrogen and oxygen atoms in total. The molecule has 1 heterocycles. The third-order valence-corrected chi connectivity index (χ3v) is 4.51. The fourth-order valence-electron chi connectivity index (χ4n) is 2.86. The summed E-state index contributed by atoms with van der Waals surface area (Å²) < 4.78 is 28.2. The topological polar surface area (TPSA) is 24.9 Å². The van der Waals surface area contributed by atoms with Crippen molar-refractivity contribution in [2.75, 3.05) is 11.9 Å². The van der Waals surface area contributed by atoms with Crippen LogP contribution >= 0.6 is 15.9 Å². The number of hydrogen-bond donors (Lipinski definition) is 1. The Balaban J connectivity index is 2.42. The second kappa shape index (κ2) is 5.28. The minimum Gasteiger partial charge on any atom is -0.384 e. The van der Waals surface area contributed by atoms with Crippen LogP contribution in [0.2, 0.25) is 0 Å². The van der Waals surface area contributed by atoms with Crippen LogP contribution in [0.25, 0.3) is 10.9 Å². The van der Waals surface area contributed by atoms with E-state index in [-0.39, 0.29) is 9.99 Å². The van der Waals surface area contributed by atoms with Gasteiger partial charge in [0.1, 0.15) is 11.3 Å². The van der Waals surface area contributed by atoms with Crippen LogP contribution in [0.5, 0.6) is 0 Å². The average molecular weight is 341 g/mol. The van der Waals surface area contributed by atoms with Gasteiger partial charge in [0.05, 0.1) is 4.47 Å². The summed E-state index contributed by atoms with van der Waals surface area (Å²) in [5.41, 5.74) is 3.13. The molecule has 106 valence electrons. The molecule has 5 heteroatoms. The molecule has 1 aliphatic rings. The van der Waals surface area contributed by atoms with Gasteiger partial charge in [-0.25, -0.2) is 13.8 Å². The predicted octanol–water partition coefficient (Wildman–Crippen LogP) is 4.59. The van der Waals surface area contributed by atoms with E-state index in [1.54, 1.807) is 0 Å². The van der Waals surface area contributed by atoms with Crippen molar-refractivity contribution in [3.8, 4) is 0 Å². The first-order valence-electron chi connectivity index (χ1n) is 6.86. The lowest BCUT2D eigenvalue weighted by molar-refractivity contribution is 0.585. The number of anilines is 1. The summed E-state index contributed by atoms with van der Waals surface area (Å²) in [6.07, 6.45) is 3.93. The molecule has 0 bridgehead atoms. The van der Waals surface area contributed by atoms with Gasteiger partial charge in [0, 0.05) is 29.4 Å². The third-order valence-electron chi connectivity index (χ3n) is 3.74. The summed E-state index contributed by atoms with van der Waals surface area (Å²) in [6.45, 7) is 2.68. The highest BCUT2D eigenvalue weighted by Gasteiger charge is 2.22. The van der Waals surface area contributed by atoms with Crippen molar-refractivity contribution in [2.45, 2.75) is 32.6 Å². The first-order valence-corrected chi connectivity index (χ1v) is 7.65. The number of nitrogens with one attached hydrogen (secondary N) is 1. The van der Waals surface area contributed by atoms with Crippen LogP contribution in [0.3, 0.4) is 0 Å². The van der Waals surface area contributed by atoms with E-state index in [0.717, 1.165) is 48.7 Å². The average Bonchev–Trinajstić information content (AvgIpc) is 2.45. The van der Waals surface area contributed by atoms with Crippen LogP contribution in [0.15, 0.2) is 10.5 Å². The predicted molar refractivity (Wildman–Crippen MR) is 80.2 cm³/mol. The largest absolute Gasteiger partial charge is 0.384 e. The Morgan fingerprint density at radius 3 is 2.75 bits per heavy atom. The number of nitrogens with zero attached hydrogens (tertiary/aromatic N) is 1.